The molecule has 1 aromatic heterocycles. The van der Waals surface area contributed by atoms with Gasteiger partial charge < -0.3 is 9.32 Å². The van der Waals surface area contributed by atoms with Gasteiger partial charge in [-0.25, -0.2) is 0 Å². The highest BCUT2D eigenvalue weighted by atomic mass is 16.3. The highest BCUT2D eigenvalue weighted by Gasteiger charge is 2.46. The molecule has 324 valence electrons. The Labute approximate surface area is 402 Å². The highest BCUT2D eigenvalue weighted by molar-refractivity contribution is 6.07. The minimum atomic E-state index is -0.627. The Bertz CT molecular complexity index is 3760. The van der Waals surface area contributed by atoms with Crippen molar-refractivity contribution < 1.29 is 4.42 Å². The molecule has 1 aliphatic rings. The van der Waals surface area contributed by atoms with E-state index in [1.165, 1.54) is 61.2 Å². The van der Waals surface area contributed by atoms with Crippen LogP contribution in [0.2, 0.25) is 0 Å². The molecule has 11 aromatic carbocycles. The van der Waals surface area contributed by atoms with Gasteiger partial charge in [0.2, 0.25) is 0 Å². The van der Waals surface area contributed by atoms with Crippen LogP contribution >= 0.6 is 0 Å². The molecule has 1 aliphatic carbocycles. The molecule has 0 unspecified atom stereocenters. The maximum atomic E-state index is 6.45. The molecule has 12 aromatic rings. The van der Waals surface area contributed by atoms with Gasteiger partial charge in [-0.2, -0.15) is 0 Å². The van der Waals surface area contributed by atoms with Crippen LogP contribution in [0.15, 0.2) is 277 Å². The Morgan fingerprint density at radius 1 is 0.275 bits per heavy atom. The van der Waals surface area contributed by atoms with E-state index >= 15 is 0 Å². The van der Waals surface area contributed by atoms with Gasteiger partial charge in [-0.05, 0) is 127 Å². The number of hydrogen-bond acceptors (Lipinski definition) is 2. The Hall–Kier alpha value is -8.98. The number of nitrogens with zero attached hydrogens (tertiary/aromatic N) is 1. The first kappa shape index (κ1) is 40.3. The molecule has 0 spiro atoms. The number of para-hydroxylation sites is 1. The monoisotopic (exact) mass is 879 g/mol. The minimum Gasteiger partial charge on any atom is -0.456 e. The lowest BCUT2D eigenvalue weighted by molar-refractivity contribution is 0.669. The number of anilines is 3. The maximum Gasteiger partial charge on any atom is 0.135 e. The lowest BCUT2D eigenvalue weighted by atomic mass is 9.67. The molecule has 0 N–H and O–H groups in total. The summed E-state index contributed by atoms with van der Waals surface area (Å²) in [5, 5.41) is 2.17. The molecule has 0 aliphatic heterocycles. The molecular formula is C67H45NO. The van der Waals surface area contributed by atoms with Crippen LogP contribution in [0, 0.1) is 0 Å². The number of rotatable bonds is 9. The molecule has 0 saturated heterocycles. The van der Waals surface area contributed by atoms with Crippen LogP contribution < -0.4 is 4.90 Å². The molecule has 1 heterocycles. The van der Waals surface area contributed by atoms with Gasteiger partial charge in [0.05, 0.1) is 11.1 Å². The molecule has 0 amide bonds. The summed E-state index contributed by atoms with van der Waals surface area (Å²) < 4.78 is 6.45. The summed E-state index contributed by atoms with van der Waals surface area (Å²) in [6, 6.07) is 99.6. The van der Waals surface area contributed by atoms with Crippen LogP contribution in [0.5, 0.6) is 0 Å². The third-order valence-corrected chi connectivity index (χ3v) is 14.2. The van der Waals surface area contributed by atoms with E-state index in [4.69, 9.17) is 4.42 Å². The average molecular weight is 880 g/mol. The first-order valence-electron chi connectivity index (χ1n) is 23.7. The fraction of sp³-hybridized carbons (Fsp3) is 0.0149. The van der Waals surface area contributed by atoms with Crippen molar-refractivity contribution in [2.75, 3.05) is 4.90 Å². The molecule has 0 saturated carbocycles. The van der Waals surface area contributed by atoms with Crippen molar-refractivity contribution in [1.29, 1.82) is 0 Å². The van der Waals surface area contributed by atoms with Crippen molar-refractivity contribution in [1.82, 2.24) is 0 Å². The van der Waals surface area contributed by atoms with Crippen LogP contribution in [-0.2, 0) is 5.41 Å². The van der Waals surface area contributed by atoms with Gasteiger partial charge in [-0.1, -0.05) is 218 Å². The first-order valence-corrected chi connectivity index (χ1v) is 23.7. The predicted molar refractivity (Wildman–Crippen MR) is 287 cm³/mol. The molecule has 69 heavy (non-hydrogen) atoms. The molecule has 0 bridgehead atoms. The second-order valence-electron chi connectivity index (χ2n) is 18.0. The van der Waals surface area contributed by atoms with E-state index in [2.05, 4.69) is 272 Å². The zero-order valence-corrected chi connectivity index (χ0v) is 37.8. The van der Waals surface area contributed by atoms with Gasteiger partial charge in [-0.3, -0.25) is 0 Å². The summed E-state index contributed by atoms with van der Waals surface area (Å²) in [6.07, 6.45) is 0. The van der Waals surface area contributed by atoms with Crippen LogP contribution in [0.1, 0.15) is 22.3 Å². The Balaban J connectivity index is 1.09. The van der Waals surface area contributed by atoms with Crippen molar-refractivity contribution in [2.24, 2.45) is 0 Å². The summed E-state index contributed by atoms with van der Waals surface area (Å²) in [4.78, 5) is 2.47. The van der Waals surface area contributed by atoms with Crippen molar-refractivity contribution in [2.45, 2.75) is 5.41 Å². The van der Waals surface area contributed by atoms with E-state index in [0.29, 0.717) is 0 Å². The van der Waals surface area contributed by atoms with Gasteiger partial charge in [0.25, 0.3) is 0 Å². The molecule has 0 fully saturated rings. The zero-order valence-electron chi connectivity index (χ0n) is 37.8. The van der Waals surface area contributed by atoms with Gasteiger partial charge in [0.1, 0.15) is 11.2 Å². The Kier molecular flexibility index (Phi) is 9.77. The fourth-order valence-electron chi connectivity index (χ4n) is 11.0. The van der Waals surface area contributed by atoms with Crippen molar-refractivity contribution in [3.8, 4) is 55.6 Å². The summed E-state index contributed by atoms with van der Waals surface area (Å²) in [7, 11) is 0. The molecule has 0 radical (unpaired) electrons. The van der Waals surface area contributed by atoms with Gasteiger partial charge in [0, 0.05) is 27.7 Å². The molecular weight excluding hydrogens is 835 g/mol. The van der Waals surface area contributed by atoms with Crippen LogP contribution in [0.3, 0.4) is 0 Å². The SMILES string of the molecule is c1ccc(-c2ccc(-c3cc(-c4ccccc4)ccc3N(c3ccc4c(c3)C(c3ccccc3)(c3ccccc3)c3cc(-c5ccccc5)ccc3-4)c3ccc4oc5ccccc5c4c3)cc2)cc1. The van der Waals surface area contributed by atoms with Crippen LogP contribution in [-0.4, -0.2) is 0 Å². The number of hydrogen-bond donors (Lipinski definition) is 0. The van der Waals surface area contributed by atoms with Crippen molar-refractivity contribution in [3.05, 3.63) is 295 Å². The van der Waals surface area contributed by atoms with E-state index in [0.717, 1.165) is 55.7 Å². The largest absolute Gasteiger partial charge is 0.456 e. The second kappa shape index (κ2) is 16.7. The number of fused-ring (bicyclic) bond motifs is 6. The lowest BCUT2D eigenvalue weighted by Gasteiger charge is -2.35. The topological polar surface area (TPSA) is 16.4 Å². The van der Waals surface area contributed by atoms with Crippen molar-refractivity contribution in [3.63, 3.8) is 0 Å². The van der Waals surface area contributed by atoms with Gasteiger partial charge >= 0.3 is 0 Å². The smallest absolute Gasteiger partial charge is 0.135 e. The number of furan rings is 1. The quantitative estimate of drug-likeness (QED) is 0.144. The molecule has 2 heteroatoms. The zero-order chi connectivity index (χ0) is 45.7. The summed E-state index contributed by atoms with van der Waals surface area (Å²) in [5.74, 6) is 0. The fourth-order valence-corrected chi connectivity index (χ4v) is 11.0. The Morgan fingerprint density at radius 3 is 1.35 bits per heavy atom. The lowest BCUT2D eigenvalue weighted by Crippen LogP contribution is -2.28. The number of benzene rings is 11. The van der Waals surface area contributed by atoms with Gasteiger partial charge in [0.15, 0.2) is 0 Å². The summed E-state index contributed by atoms with van der Waals surface area (Å²) in [6.45, 7) is 0. The highest BCUT2D eigenvalue weighted by Crippen LogP contribution is 2.58. The summed E-state index contributed by atoms with van der Waals surface area (Å²) >= 11 is 0. The normalized spacial score (nSPS) is 12.5. The average Bonchev–Trinajstić information content (AvgIpc) is 3.95. The standard InChI is InChI=1S/C67H45NO/c1-6-18-46(19-7-1)49-30-32-50(33-31-49)60-42-51(47-20-8-2-9-21-47)35-40-64(60)68(55-37-41-66-61(44-55)59-28-16-17-29-65(59)69-66)56-36-39-58-57-38-34-52(48-22-10-3-11-23-48)43-62(57)67(63(58)45-56,53-24-12-4-13-25-53)54-26-14-5-15-27-54/h1-45H. The third-order valence-electron chi connectivity index (χ3n) is 14.2. The van der Waals surface area contributed by atoms with E-state index in [9.17, 15) is 0 Å². The van der Waals surface area contributed by atoms with E-state index in [1.807, 2.05) is 6.07 Å². The third kappa shape index (κ3) is 6.80. The van der Waals surface area contributed by atoms with E-state index in [-0.39, 0.29) is 0 Å². The van der Waals surface area contributed by atoms with Crippen molar-refractivity contribution >= 4 is 39.0 Å². The molecule has 13 rings (SSSR count). The summed E-state index contributed by atoms with van der Waals surface area (Å²) in [5.41, 5.74) is 21.1. The van der Waals surface area contributed by atoms with Crippen LogP contribution in [0.4, 0.5) is 17.1 Å². The minimum absolute atomic E-state index is 0.627. The second-order valence-corrected chi connectivity index (χ2v) is 18.0. The Morgan fingerprint density at radius 2 is 0.710 bits per heavy atom. The van der Waals surface area contributed by atoms with Gasteiger partial charge in [-0.15, -0.1) is 0 Å². The maximum absolute atomic E-state index is 6.45. The predicted octanol–water partition coefficient (Wildman–Crippen LogP) is 18.1. The van der Waals surface area contributed by atoms with E-state index < -0.39 is 5.41 Å². The molecule has 2 nitrogen and oxygen atoms in total. The molecule has 0 atom stereocenters. The first-order chi connectivity index (χ1) is 34.2. The van der Waals surface area contributed by atoms with Crippen LogP contribution in [0.25, 0.3) is 77.6 Å². The van der Waals surface area contributed by atoms with E-state index in [1.54, 1.807) is 0 Å².